The molecular weight excluding hydrogens is 350 g/mol. The summed E-state index contributed by atoms with van der Waals surface area (Å²) in [6, 6.07) is 5.39. The van der Waals surface area contributed by atoms with Gasteiger partial charge in [0.25, 0.3) is 0 Å². The van der Waals surface area contributed by atoms with Gasteiger partial charge in [0.1, 0.15) is 5.60 Å². The molecule has 2 bridgehead atoms. The van der Waals surface area contributed by atoms with Gasteiger partial charge in [0.15, 0.2) is 0 Å². The Hall–Kier alpha value is -1.50. The molecule has 1 N–H and O–H groups in total. The number of aliphatic hydroxyl groups excluding tert-OH is 1. The van der Waals surface area contributed by atoms with Crippen LogP contribution in [0, 0.1) is 18.8 Å². The van der Waals surface area contributed by atoms with E-state index in [2.05, 4.69) is 15.9 Å². The van der Waals surface area contributed by atoms with Crippen molar-refractivity contribution in [2.24, 2.45) is 11.8 Å². The smallest absolute Gasteiger partial charge is 0.241 e. The maximum atomic E-state index is 12.8. The molecule has 2 amide bonds. The van der Waals surface area contributed by atoms with Crippen molar-refractivity contribution in [3.05, 3.63) is 40.4 Å². The molecule has 4 rings (SSSR count). The third kappa shape index (κ3) is 1.60. The minimum absolute atomic E-state index is 0.254. The van der Waals surface area contributed by atoms with Gasteiger partial charge in [0.05, 0.1) is 30.2 Å². The van der Waals surface area contributed by atoms with Gasteiger partial charge in [0, 0.05) is 4.47 Å². The van der Waals surface area contributed by atoms with Gasteiger partial charge in [-0.2, -0.15) is 0 Å². The van der Waals surface area contributed by atoms with E-state index < -0.39 is 23.5 Å². The van der Waals surface area contributed by atoms with Crippen LogP contribution in [-0.2, 0) is 14.3 Å². The van der Waals surface area contributed by atoms with E-state index in [1.807, 2.05) is 13.0 Å². The van der Waals surface area contributed by atoms with E-state index in [1.54, 1.807) is 24.3 Å². The second kappa shape index (κ2) is 4.50. The Bertz CT molecular complexity index is 731. The molecule has 0 aliphatic carbocycles. The topological polar surface area (TPSA) is 66.8 Å². The molecule has 3 aliphatic rings. The van der Waals surface area contributed by atoms with E-state index in [-0.39, 0.29) is 18.4 Å². The van der Waals surface area contributed by atoms with Crippen LogP contribution < -0.4 is 4.90 Å². The van der Waals surface area contributed by atoms with E-state index in [4.69, 9.17) is 4.74 Å². The van der Waals surface area contributed by atoms with E-state index in [1.165, 1.54) is 4.90 Å². The quantitative estimate of drug-likeness (QED) is 0.639. The Balaban J connectivity index is 1.77. The van der Waals surface area contributed by atoms with Gasteiger partial charge in [-0.15, -0.1) is 0 Å². The monoisotopic (exact) mass is 363 g/mol. The molecule has 0 aromatic heterocycles. The molecule has 3 heterocycles. The first kappa shape index (κ1) is 14.1. The van der Waals surface area contributed by atoms with E-state index in [0.717, 1.165) is 10.0 Å². The van der Waals surface area contributed by atoms with Gasteiger partial charge in [-0.05, 0) is 24.6 Å². The summed E-state index contributed by atoms with van der Waals surface area (Å²) in [4.78, 5) is 26.8. The number of aryl methyl sites for hydroxylation is 1. The fourth-order valence-corrected chi connectivity index (χ4v) is 4.03. The third-order valence-electron chi connectivity index (χ3n) is 4.82. The number of nitrogens with zero attached hydrogens (tertiary/aromatic N) is 1. The first-order valence-corrected chi connectivity index (χ1v) is 7.90. The molecule has 3 aliphatic heterocycles. The maximum Gasteiger partial charge on any atom is 0.241 e. The van der Waals surface area contributed by atoms with E-state index in [9.17, 15) is 14.7 Å². The van der Waals surface area contributed by atoms with Gasteiger partial charge in [-0.1, -0.05) is 34.1 Å². The van der Waals surface area contributed by atoms with Crippen molar-refractivity contribution >= 4 is 33.4 Å². The van der Waals surface area contributed by atoms with Crippen molar-refractivity contribution in [1.82, 2.24) is 0 Å². The molecular formula is C16H14BrNO4. The number of fused-ring (bicyclic) bond motifs is 5. The maximum absolute atomic E-state index is 12.8. The number of rotatable bonds is 2. The highest BCUT2D eigenvalue weighted by molar-refractivity contribution is 9.10. The van der Waals surface area contributed by atoms with Crippen LogP contribution in [0.15, 0.2) is 34.8 Å². The number of benzene rings is 1. The van der Waals surface area contributed by atoms with Crippen LogP contribution in [0.2, 0.25) is 0 Å². The lowest BCUT2D eigenvalue weighted by Crippen LogP contribution is -2.43. The molecule has 5 nitrogen and oxygen atoms in total. The van der Waals surface area contributed by atoms with Crippen LogP contribution in [0.25, 0.3) is 0 Å². The second-order valence-electron chi connectivity index (χ2n) is 6.00. The second-order valence-corrected chi connectivity index (χ2v) is 6.86. The molecule has 22 heavy (non-hydrogen) atoms. The molecule has 0 spiro atoms. The number of halogens is 1. The van der Waals surface area contributed by atoms with Crippen LogP contribution in [0.5, 0.6) is 0 Å². The Labute approximate surface area is 135 Å². The van der Waals surface area contributed by atoms with Crippen molar-refractivity contribution in [3.8, 4) is 0 Å². The Morgan fingerprint density at radius 2 is 2.14 bits per heavy atom. The summed E-state index contributed by atoms with van der Waals surface area (Å²) in [7, 11) is 0. The summed E-state index contributed by atoms with van der Waals surface area (Å²) in [5, 5.41) is 9.67. The van der Waals surface area contributed by atoms with Crippen LogP contribution in [0.1, 0.15) is 5.56 Å². The van der Waals surface area contributed by atoms with Gasteiger partial charge in [0.2, 0.25) is 11.8 Å². The molecule has 2 fully saturated rings. The molecule has 4 atom stereocenters. The molecule has 0 saturated carbocycles. The summed E-state index contributed by atoms with van der Waals surface area (Å²) in [6.45, 7) is 1.64. The lowest BCUT2D eigenvalue weighted by atomic mass is 9.77. The average Bonchev–Trinajstić information content (AvgIpc) is 3.14. The zero-order valence-electron chi connectivity index (χ0n) is 11.8. The SMILES string of the molecule is Cc1ccc(N2C(=O)[C@@H]3[C@@H](C2=O)[C@]2(CO)C=C[C@H]3O2)cc1Br. The van der Waals surface area contributed by atoms with Crippen molar-refractivity contribution < 1.29 is 19.4 Å². The van der Waals surface area contributed by atoms with Crippen LogP contribution in [-0.4, -0.2) is 35.2 Å². The van der Waals surface area contributed by atoms with Crippen molar-refractivity contribution in [3.63, 3.8) is 0 Å². The van der Waals surface area contributed by atoms with Crippen molar-refractivity contribution in [1.29, 1.82) is 0 Å². The van der Waals surface area contributed by atoms with Crippen LogP contribution >= 0.6 is 15.9 Å². The standard InChI is InChI=1S/C16H14BrNO4/c1-8-2-3-9(6-10(8)17)18-14(20)12-11-4-5-16(7-19,22-11)13(12)15(18)21/h2-6,11-13,19H,7H2,1H3/t11-,12+,13+,16-/m1/s1. The number of imide groups is 1. The molecule has 0 radical (unpaired) electrons. The Morgan fingerprint density at radius 3 is 2.82 bits per heavy atom. The first-order valence-electron chi connectivity index (χ1n) is 7.10. The summed E-state index contributed by atoms with van der Waals surface area (Å²) in [5.74, 6) is -1.73. The molecule has 2 saturated heterocycles. The normalized spacial score (nSPS) is 35.6. The van der Waals surface area contributed by atoms with Gasteiger partial charge in [-0.3, -0.25) is 9.59 Å². The van der Waals surface area contributed by atoms with Crippen LogP contribution in [0.4, 0.5) is 5.69 Å². The number of aliphatic hydroxyl groups is 1. The fourth-order valence-electron chi connectivity index (χ4n) is 3.66. The average molecular weight is 364 g/mol. The number of anilines is 1. The largest absolute Gasteiger partial charge is 0.393 e. The zero-order valence-corrected chi connectivity index (χ0v) is 13.4. The molecule has 1 aromatic carbocycles. The summed E-state index contributed by atoms with van der Waals surface area (Å²) in [6.07, 6.45) is 3.07. The van der Waals surface area contributed by atoms with Crippen LogP contribution in [0.3, 0.4) is 0 Å². The summed E-state index contributed by atoms with van der Waals surface area (Å²) >= 11 is 3.43. The van der Waals surface area contributed by atoms with E-state index in [0.29, 0.717) is 5.69 Å². The Kier molecular flexibility index (Phi) is 2.89. The number of amides is 2. The molecule has 6 heteroatoms. The number of hydrogen-bond acceptors (Lipinski definition) is 4. The van der Waals surface area contributed by atoms with Crippen molar-refractivity contribution in [2.75, 3.05) is 11.5 Å². The summed E-state index contributed by atoms with van der Waals surface area (Å²) in [5.41, 5.74) is 0.535. The minimum atomic E-state index is -1.04. The fraction of sp³-hybridized carbons (Fsp3) is 0.375. The lowest BCUT2D eigenvalue weighted by Gasteiger charge is -2.26. The van der Waals surface area contributed by atoms with E-state index >= 15 is 0 Å². The van der Waals surface area contributed by atoms with Gasteiger partial charge in [-0.25, -0.2) is 4.90 Å². The molecule has 1 aromatic rings. The van der Waals surface area contributed by atoms with Gasteiger partial charge < -0.3 is 9.84 Å². The third-order valence-corrected chi connectivity index (χ3v) is 5.67. The Morgan fingerprint density at radius 1 is 1.36 bits per heavy atom. The number of carbonyl (C=O) groups excluding carboxylic acids is 2. The highest BCUT2D eigenvalue weighted by Gasteiger charge is 2.67. The minimum Gasteiger partial charge on any atom is -0.393 e. The predicted molar refractivity (Wildman–Crippen MR) is 82.2 cm³/mol. The first-order chi connectivity index (χ1) is 10.5. The molecule has 114 valence electrons. The summed E-state index contributed by atoms with van der Waals surface area (Å²) < 4.78 is 6.55. The lowest BCUT2D eigenvalue weighted by molar-refractivity contribution is -0.128. The number of hydrogen-bond donors (Lipinski definition) is 1. The predicted octanol–water partition coefficient (Wildman–Crippen LogP) is 1.56. The zero-order chi connectivity index (χ0) is 15.6. The highest BCUT2D eigenvalue weighted by atomic mass is 79.9. The number of ether oxygens (including phenoxy) is 1. The van der Waals surface area contributed by atoms with Gasteiger partial charge >= 0.3 is 0 Å². The molecule has 0 unspecified atom stereocenters. The number of carbonyl (C=O) groups is 2. The highest BCUT2D eigenvalue weighted by Crippen LogP contribution is 2.52. The van der Waals surface area contributed by atoms with Crippen molar-refractivity contribution in [2.45, 2.75) is 18.6 Å².